The molecule has 3 heterocycles. The number of hydrogen-bond acceptors (Lipinski definition) is 7. The van der Waals surface area contributed by atoms with E-state index in [4.69, 9.17) is 9.47 Å². The van der Waals surface area contributed by atoms with Gasteiger partial charge in [0, 0.05) is 22.2 Å². The number of hydrogen-bond donors (Lipinski definition) is 1. The molecule has 0 unspecified atom stereocenters. The zero-order valence-electron chi connectivity index (χ0n) is 25.1. The highest BCUT2D eigenvalue weighted by Gasteiger charge is 2.33. The van der Waals surface area contributed by atoms with Crippen LogP contribution in [0.15, 0.2) is 87.1 Å². The van der Waals surface area contributed by atoms with Crippen LogP contribution < -0.4 is 29.7 Å². The third-order valence-electron chi connectivity index (χ3n) is 7.52. The van der Waals surface area contributed by atoms with E-state index in [1.165, 1.54) is 23.0 Å². The minimum absolute atomic E-state index is 0.0960. The number of nitrogens with one attached hydrogen (secondary N) is 1. The third kappa shape index (κ3) is 6.11. The van der Waals surface area contributed by atoms with Gasteiger partial charge < -0.3 is 14.8 Å². The second-order valence-electron chi connectivity index (χ2n) is 10.5. The molecule has 240 valence electrons. The number of aromatic nitrogens is 1. The maximum Gasteiger partial charge on any atom is 0.271 e. The molecule has 0 aliphatic carbocycles. The van der Waals surface area contributed by atoms with Crippen molar-refractivity contribution in [2.24, 2.45) is 4.99 Å². The number of rotatable bonds is 8. The Morgan fingerprint density at radius 2 is 1.77 bits per heavy atom. The van der Waals surface area contributed by atoms with Crippen molar-refractivity contribution in [3.05, 3.63) is 142 Å². The molecule has 7 nitrogen and oxygen atoms in total. The zero-order valence-corrected chi connectivity index (χ0v) is 26.7. The maximum atomic E-state index is 14.2. The fourth-order valence-electron chi connectivity index (χ4n) is 5.21. The smallest absolute Gasteiger partial charge is 0.271 e. The largest absolute Gasteiger partial charge is 0.496 e. The lowest BCUT2D eigenvalue weighted by atomic mass is 10.0. The molecule has 2 aromatic heterocycles. The van der Waals surface area contributed by atoms with Crippen LogP contribution >= 0.6 is 22.7 Å². The van der Waals surface area contributed by atoms with Gasteiger partial charge in [0.15, 0.2) is 22.2 Å². The van der Waals surface area contributed by atoms with Crippen LogP contribution in [-0.4, -0.2) is 17.6 Å². The van der Waals surface area contributed by atoms with Crippen molar-refractivity contribution < 1.29 is 31.8 Å². The number of ether oxygens (including phenoxy) is 2. The predicted molar refractivity (Wildman–Crippen MR) is 171 cm³/mol. The van der Waals surface area contributed by atoms with Crippen LogP contribution in [0, 0.1) is 30.2 Å². The Hall–Kier alpha value is -5.01. The highest BCUT2D eigenvalue weighted by atomic mass is 32.1. The summed E-state index contributed by atoms with van der Waals surface area (Å²) in [6.45, 7) is 3.12. The molecule has 1 N–H and O–H groups in total. The van der Waals surface area contributed by atoms with Gasteiger partial charge in [0.1, 0.15) is 18.4 Å². The average Bonchev–Trinajstić information content (AvgIpc) is 3.69. The van der Waals surface area contributed by atoms with Gasteiger partial charge in [0.25, 0.3) is 11.5 Å². The molecule has 5 aromatic rings. The summed E-state index contributed by atoms with van der Waals surface area (Å²) in [5.41, 5.74) is 2.75. The van der Waals surface area contributed by atoms with Gasteiger partial charge in [-0.15, -0.1) is 11.3 Å². The first-order valence-corrected chi connectivity index (χ1v) is 15.8. The Labute approximate surface area is 273 Å². The van der Waals surface area contributed by atoms with E-state index in [2.05, 4.69) is 10.3 Å². The van der Waals surface area contributed by atoms with Gasteiger partial charge in [-0.2, -0.15) is 8.78 Å². The van der Waals surface area contributed by atoms with Gasteiger partial charge in [-0.05, 0) is 60.7 Å². The number of para-hydroxylation sites is 1. The number of carbonyl (C=O) groups is 1. The molecule has 1 atom stereocenters. The summed E-state index contributed by atoms with van der Waals surface area (Å²) in [6.07, 6.45) is 1.60. The van der Waals surface area contributed by atoms with Crippen LogP contribution in [0.5, 0.6) is 11.5 Å². The molecule has 13 heteroatoms. The van der Waals surface area contributed by atoms with E-state index >= 15 is 0 Å². The number of fused-ring (bicyclic) bond motifs is 1. The number of methoxy groups -OCH3 is 1. The molecule has 0 radical (unpaired) electrons. The average molecular weight is 680 g/mol. The van der Waals surface area contributed by atoms with Gasteiger partial charge >= 0.3 is 0 Å². The monoisotopic (exact) mass is 679 g/mol. The zero-order chi connectivity index (χ0) is 33.4. The van der Waals surface area contributed by atoms with Crippen LogP contribution in [0.25, 0.3) is 6.08 Å². The minimum atomic E-state index is -1.66. The number of thiophene rings is 1. The molecule has 1 amide bonds. The van der Waals surface area contributed by atoms with Crippen LogP contribution in [-0.2, 0) is 11.4 Å². The third-order valence-corrected chi connectivity index (χ3v) is 9.43. The number of allylic oxidation sites excluding steroid dienone is 1. The molecule has 3 aromatic carbocycles. The summed E-state index contributed by atoms with van der Waals surface area (Å²) in [4.78, 5) is 33.6. The molecule has 1 aliphatic heterocycles. The number of amides is 1. The fraction of sp³-hybridized carbons (Fsp3) is 0.147. The molecular formula is C34H25F4N3O4S2. The van der Waals surface area contributed by atoms with Gasteiger partial charge in [-0.3, -0.25) is 14.2 Å². The first kappa shape index (κ1) is 32.0. The van der Waals surface area contributed by atoms with Crippen molar-refractivity contribution in [2.75, 3.05) is 12.4 Å². The van der Waals surface area contributed by atoms with Crippen LogP contribution in [0.3, 0.4) is 0 Å². The fourth-order valence-corrected chi connectivity index (χ4v) is 7.08. The van der Waals surface area contributed by atoms with Crippen molar-refractivity contribution in [3.63, 3.8) is 0 Å². The van der Waals surface area contributed by atoms with Gasteiger partial charge in [-0.25, -0.2) is 13.8 Å². The van der Waals surface area contributed by atoms with E-state index in [0.717, 1.165) is 21.8 Å². The summed E-state index contributed by atoms with van der Waals surface area (Å²) in [5, 5.41) is 4.84. The Kier molecular flexibility index (Phi) is 8.84. The Morgan fingerprint density at radius 1 is 1.02 bits per heavy atom. The highest BCUT2D eigenvalue weighted by molar-refractivity contribution is 7.10. The quantitative estimate of drug-likeness (QED) is 0.152. The normalized spacial score (nSPS) is 14.5. The Bertz CT molecular complexity index is 2220. The van der Waals surface area contributed by atoms with Crippen molar-refractivity contribution in [2.45, 2.75) is 26.5 Å². The van der Waals surface area contributed by atoms with Crippen molar-refractivity contribution in [3.8, 4) is 11.5 Å². The van der Waals surface area contributed by atoms with Crippen molar-refractivity contribution in [1.29, 1.82) is 0 Å². The molecule has 47 heavy (non-hydrogen) atoms. The lowest BCUT2D eigenvalue weighted by Gasteiger charge is -2.24. The van der Waals surface area contributed by atoms with Gasteiger partial charge in [-0.1, -0.05) is 41.7 Å². The highest BCUT2D eigenvalue weighted by Crippen LogP contribution is 2.34. The summed E-state index contributed by atoms with van der Waals surface area (Å²) in [6, 6.07) is 15.2. The van der Waals surface area contributed by atoms with Gasteiger partial charge in [0.05, 0.1) is 22.9 Å². The van der Waals surface area contributed by atoms with Gasteiger partial charge in [0.2, 0.25) is 11.6 Å². The van der Waals surface area contributed by atoms with Crippen LogP contribution in [0.1, 0.15) is 34.5 Å². The molecule has 0 saturated carbocycles. The number of nitrogens with zero attached hydrogens (tertiary/aromatic N) is 2. The first-order chi connectivity index (χ1) is 22.6. The molecule has 0 bridgehead atoms. The SMILES string of the molecule is COc1ccc(C=c2sc3n(c2=O)[C@@H](c2cccs2)C(C(=O)Nc2ccccc2C)=C(C)N=3)cc1COc1c(F)c(F)cc(F)c1F. The summed E-state index contributed by atoms with van der Waals surface area (Å²) < 4.78 is 68.1. The first-order valence-electron chi connectivity index (χ1n) is 14.1. The second kappa shape index (κ2) is 13.0. The Balaban J connectivity index is 1.38. The van der Waals surface area contributed by atoms with E-state index in [0.29, 0.717) is 37.4 Å². The number of benzene rings is 3. The van der Waals surface area contributed by atoms with E-state index < -0.39 is 41.7 Å². The maximum absolute atomic E-state index is 14.2. The van der Waals surface area contributed by atoms with E-state index in [1.54, 1.807) is 37.3 Å². The molecule has 1 aliphatic rings. The predicted octanol–water partition coefficient (Wildman–Crippen LogP) is 6.39. The summed E-state index contributed by atoms with van der Waals surface area (Å²) in [7, 11) is 1.37. The van der Waals surface area contributed by atoms with Crippen molar-refractivity contribution in [1.82, 2.24) is 4.57 Å². The molecule has 0 spiro atoms. The summed E-state index contributed by atoms with van der Waals surface area (Å²) in [5.74, 6) is -7.82. The van der Waals surface area contributed by atoms with Crippen molar-refractivity contribution >= 4 is 40.3 Å². The van der Waals surface area contributed by atoms with E-state index in [-0.39, 0.29) is 23.3 Å². The molecule has 0 saturated heterocycles. The minimum Gasteiger partial charge on any atom is -0.496 e. The number of halogens is 4. The topological polar surface area (TPSA) is 81.9 Å². The van der Waals surface area contributed by atoms with E-state index in [9.17, 15) is 27.2 Å². The number of anilines is 1. The second-order valence-corrected chi connectivity index (χ2v) is 12.5. The van der Waals surface area contributed by atoms with Crippen LogP contribution in [0.4, 0.5) is 23.2 Å². The molecular weight excluding hydrogens is 655 g/mol. The number of carbonyl (C=O) groups excluding carboxylic acids is 1. The molecule has 0 fully saturated rings. The lowest BCUT2D eigenvalue weighted by molar-refractivity contribution is -0.113. The lowest BCUT2D eigenvalue weighted by Crippen LogP contribution is -2.40. The van der Waals surface area contributed by atoms with Crippen LogP contribution in [0.2, 0.25) is 0 Å². The summed E-state index contributed by atoms with van der Waals surface area (Å²) >= 11 is 2.55. The Morgan fingerprint density at radius 3 is 2.45 bits per heavy atom. The number of aryl methyl sites for hydroxylation is 1. The number of thiazole rings is 1. The van der Waals surface area contributed by atoms with E-state index in [1.807, 2.05) is 42.6 Å². The standard InChI is InChI=1S/C34H25F4N3O4S2/c1-17-7-4-5-8-23(17)40-32(42)27-18(2)39-34-41(30(27)25-9-6-12-46-25)33(43)26(47-34)14-19-10-11-24(44-3)20(13-19)16-45-31-28(37)21(35)15-22(36)29(31)38/h4-15,30H,16H2,1-3H3,(H,40,42)/t30-/m0/s1. The molecule has 6 rings (SSSR count).